The fraction of sp³-hybridized carbons (Fsp3) is 0.500. The Bertz CT molecular complexity index is 476. The van der Waals surface area contributed by atoms with Gasteiger partial charge in [-0.25, -0.2) is 0 Å². The van der Waals surface area contributed by atoms with E-state index in [1.54, 1.807) is 11.8 Å². The number of carbonyl (C=O) groups is 2. The molecule has 1 rings (SSSR count). The van der Waals surface area contributed by atoms with E-state index < -0.39 is 12.0 Å². The van der Waals surface area contributed by atoms with E-state index in [2.05, 4.69) is 5.32 Å². The molecule has 5 nitrogen and oxygen atoms in total. The zero-order chi connectivity index (χ0) is 16.4. The van der Waals surface area contributed by atoms with E-state index in [1.165, 1.54) is 0 Å². The van der Waals surface area contributed by atoms with Crippen LogP contribution in [-0.2, 0) is 14.3 Å². The van der Waals surface area contributed by atoms with Crippen molar-refractivity contribution in [3.63, 3.8) is 0 Å². The summed E-state index contributed by atoms with van der Waals surface area (Å²) in [7, 11) is 0. The van der Waals surface area contributed by atoms with Crippen LogP contribution in [0.5, 0.6) is 0 Å². The summed E-state index contributed by atoms with van der Waals surface area (Å²) < 4.78 is 5.19. The Labute approximate surface area is 135 Å². The minimum Gasteiger partial charge on any atom is -0.481 e. The molecule has 1 atom stereocenters. The molecule has 0 aliphatic heterocycles. The smallest absolute Gasteiger partial charge is 0.305 e. The number of thioether (sulfide) groups is 1. The van der Waals surface area contributed by atoms with Crippen LogP contribution in [0, 0.1) is 0 Å². The average molecular weight is 325 g/mol. The van der Waals surface area contributed by atoms with Crippen LogP contribution >= 0.6 is 11.8 Å². The quantitative estimate of drug-likeness (QED) is 0.511. The highest BCUT2D eigenvalue weighted by atomic mass is 32.2. The number of nitrogens with one attached hydrogen (secondary N) is 1. The van der Waals surface area contributed by atoms with Crippen LogP contribution in [0.4, 0.5) is 0 Å². The van der Waals surface area contributed by atoms with Gasteiger partial charge in [0.2, 0.25) is 5.91 Å². The molecule has 0 aromatic heterocycles. The maximum atomic E-state index is 11.9. The van der Waals surface area contributed by atoms with Crippen LogP contribution in [-0.4, -0.2) is 36.5 Å². The van der Waals surface area contributed by atoms with E-state index in [1.807, 2.05) is 37.4 Å². The highest BCUT2D eigenvalue weighted by Crippen LogP contribution is 2.21. The zero-order valence-corrected chi connectivity index (χ0v) is 13.8. The van der Waals surface area contributed by atoms with Gasteiger partial charge in [0, 0.05) is 24.5 Å². The molecular formula is C16H23NO4S. The first-order valence-electron chi connectivity index (χ1n) is 7.29. The predicted octanol–water partition coefficient (Wildman–Crippen LogP) is 2.86. The number of aliphatic carboxylic acids is 1. The Morgan fingerprint density at radius 1 is 1.32 bits per heavy atom. The highest BCUT2D eigenvalue weighted by Gasteiger charge is 2.17. The van der Waals surface area contributed by atoms with Crippen LogP contribution in [0.2, 0.25) is 0 Å². The summed E-state index contributed by atoms with van der Waals surface area (Å²) in [6.45, 7) is 3.07. The molecule has 2 N–H and O–H groups in total. The van der Waals surface area contributed by atoms with E-state index >= 15 is 0 Å². The first kappa shape index (κ1) is 18.5. The second-order valence-corrected chi connectivity index (χ2v) is 5.67. The normalized spacial score (nSPS) is 11.9. The van der Waals surface area contributed by atoms with Crippen LogP contribution < -0.4 is 5.32 Å². The lowest BCUT2D eigenvalue weighted by atomic mass is 10.0. The van der Waals surface area contributed by atoms with Crippen molar-refractivity contribution >= 4 is 23.6 Å². The number of ether oxygens (including phenoxy) is 1. The third kappa shape index (κ3) is 6.95. The van der Waals surface area contributed by atoms with Crippen molar-refractivity contribution in [1.82, 2.24) is 5.32 Å². The summed E-state index contributed by atoms with van der Waals surface area (Å²) in [6, 6.07) is 7.07. The highest BCUT2D eigenvalue weighted by molar-refractivity contribution is 7.98. The third-order valence-electron chi connectivity index (χ3n) is 3.13. The fourth-order valence-electron chi connectivity index (χ4n) is 2.01. The molecule has 1 amide bonds. The van der Waals surface area contributed by atoms with Crippen LogP contribution in [0.3, 0.4) is 0 Å². The Morgan fingerprint density at radius 3 is 2.55 bits per heavy atom. The molecule has 0 bridgehead atoms. The minimum absolute atomic E-state index is 0.129. The topological polar surface area (TPSA) is 75.6 Å². The summed E-state index contributed by atoms with van der Waals surface area (Å²) in [5, 5.41) is 11.8. The zero-order valence-electron chi connectivity index (χ0n) is 13.0. The number of benzene rings is 1. The fourth-order valence-corrected chi connectivity index (χ4v) is 2.42. The summed E-state index contributed by atoms with van der Waals surface area (Å²) in [5.41, 5.74) is 0.804. The van der Waals surface area contributed by atoms with Gasteiger partial charge >= 0.3 is 5.97 Å². The summed E-state index contributed by atoms with van der Waals surface area (Å²) in [5.74, 6) is -1.09. The summed E-state index contributed by atoms with van der Waals surface area (Å²) in [6.07, 6.45) is 2.81. The SMILES string of the molecule is CCOCCCC(=O)NC(CC(=O)O)c1ccc(SC)cc1. The summed E-state index contributed by atoms with van der Waals surface area (Å²) in [4.78, 5) is 24.0. The van der Waals surface area contributed by atoms with E-state index in [0.29, 0.717) is 26.1 Å². The van der Waals surface area contributed by atoms with Crippen LogP contribution in [0.1, 0.15) is 37.8 Å². The van der Waals surface area contributed by atoms with Crippen molar-refractivity contribution in [1.29, 1.82) is 0 Å². The van der Waals surface area contributed by atoms with Gasteiger partial charge in [-0.05, 0) is 37.3 Å². The molecule has 0 spiro atoms. The number of carbonyl (C=O) groups excluding carboxylic acids is 1. The molecule has 0 radical (unpaired) electrons. The second kappa shape index (κ2) is 10.2. The molecule has 22 heavy (non-hydrogen) atoms. The van der Waals surface area contributed by atoms with Gasteiger partial charge < -0.3 is 15.2 Å². The van der Waals surface area contributed by atoms with Gasteiger partial charge in [-0.2, -0.15) is 0 Å². The molecule has 0 fully saturated rings. The Kier molecular flexibility index (Phi) is 8.62. The molecular weight excluding hydrogens is 302 g/mol. The van der Waals surface area contributed by atoms with E-state index in [9.17, 15) is 9.59 Å². The number of hydrogen-bond donors (Lipinski definition) is 2. The molecule has 1 unspecified atom stereocenters. The van der Waals surface area contributed by atoms with Crippen molar-refractivity contribution in [2.75, 3.05) is 19.5 Å². The lowest BCUT2D eigenvalue weighted by molar-refractivity contribution is -0.137. The lowest BCUT2D eigenvalue weighted by Crippen LogP contribution is -2.30. The lowest BCUT2D eigenvalue weighted by Gasteiger charge is -2.18. The maximum Gasteiger partial charge on any atom is 0.305 e. The second-order valence-electron chi connectivity index (χ2n) is 4.79. The number of carboxylic acid groups (broad SMARTS) is 1. The molecule has 0 aliphatic rings. The van der Waals surface area contributed by atoms with Gasteiger partial charge in [0.25, 0.3) is 0 Å². The molecule has 0 saturated heterocycles. The van der Waals surface area contributed by atoms with Crippen LogP contribution in [0.15, 0.2) is 29.2 Å². The summed E-state index contributed by atoms with van der Waals surface area (Å²) >= 11 is 1.62. The number of amides is 1. The predicted molar refractivity (Wildman–Crippen MR) is 87.1 cm³/mol. The van der Waals surface area contributed by atoms with Crippen molar-refractivity contribution < 1.29 is 19.4 Å². The molecule has 0 aliphatic carbocycles. The van der Waals surface area contributed by atoms with Gasteiger partial charge in [-0.1, -0.05) is 12.1 Å². The first-order chi connectivity index (χ1) is 10.6. The average Bonchev–Trinajstić information content (AvgIpc) is 2.50. The standard InChI is InChI=1S/C16H23NO4S/c1-3-21-10-4-5-15(18)17-14(11-16(19)20)12-6-8-13(22-2)9-7-12/h6-9,14H,3-5,10-11H2,1-2H3,(H,17,18)(H,19,20). The number of carboxylic acids is 1. The van der Waals surface area contributed by atoms with Gasteiger partial charge in [-0.3, -0.25) is 9.59 Å². The van der Waals surface area contributed by atoms with Gasteiger partial charge in [0.1, 0.15) is 0 Å². The molecule has 0 heterocycles. The Balaban J connectivity index is 2.63. The van der Waals surface area contributed by atoms with Crippen molar-refractivity contribution in [2.24, 2.45) is 0 Å². The van der Waals surface area contributed by atoms with Gasteiger partial charge in [0.15, 0.2) is 0 Å². The Morgan fingerprint density at radius 2 is 2.00 bits per heavy atom. The molecule has 1 aromatic carbocycles. The van der Waals surface area contributed by atoms with Gasteiger partial charge in [0.05, 0.1) is 12.5 Å². The largest absolute Gasteiger partial charge is 0.481 e. The van der Waals surface area contributed by atoms with Crippen molar-refractivity contribution in [3.8, 4) is 0 Å². The maximum absolute atomic E-state index is 11.9. The minimum atomic E-state index is -0.937. The molecule has 6 heteroatoms. The third-order valence-corrected chi connectivity index (χ3v) is 3.87. The van der Waals surface area contributed by atoms with E-state index in [-0.39, 0.29) is 12.3 Å². The van der Waals surface area contributed by atoms with Crippen LogP contribution in [0.25, 0.3) is 0 Å². The Hall–Kier alpha value is -1.53. The molecule has 1 aromatic rings. The van der Waals surface area contributed by atoms with Crippen molar-refractivity contribution in [3.05, 3.63) is 29.8 Å². The molecule has 122 valence electrons. The molecule has 0 saturated carbocycles. The first-order valence-corrected chi connectivity index (χ1v) is 8.52. The monoisotopic (exact) mass is 325 g/mol. The van der Waals surface area contributed by atoms with Crippen molar-refractivity contribution in [2.45, 2.75) is 37.1 Å². The van der Waals surface area contributed by atoms with E-state index in [0.717, 1.165) is 10.5 Å². The van der Waals surface area contributed by atoms with E-state index in [4.69, 9.17) is 9.84 Å². The number of hydrogen-bond acceptors (Lipinski definition) is 4. The van der Waals surface area contributed by atoms with Gasteiger partial charge in [-0.15, -0.1) is 11.8 Å². The number of rotatable bonds is 10.